The van der Waals surface area contributed by atoms with Gasteiger partial charge in [-0.1, -0.05) is 17.7 Å². The van der Waals surface area contributed by atoms with Gasteiger partial charge in [0, 0.05) is 12.2 Å². The van der Waals surface area contributed by atoms with Gasteiger partial charge in [-0.3, -0.25) is 4.79 Å². The quantitative estimate of drug-likeness (QED) is 0.757. The minimum Gasteiger partial charge on any atom is -0.311 e. The van der Waals surface area contributed by atoms with E-state index in [1.807, 2.05) is 17.0 Å². The molecule has 0 radical (unpaired) electrons. The molecule has 3 heteroatoms. The maximum Gasteiger partial charge on any atom is 0.247 e. The van der Waals surface area contributed by atoms with Crippen molar-refractivity contribution in [3.8, 4) is 6.07 Å². The van der Waals surface area contributed by atoms with Gasteiger partial charge in [-0.05, 0) is 44.2 Å². The molecule has 0 atom stereocenters. The van der Waals surface area contributed by atoms with E-state index in [9.17, 15) is 4.79 Å². The molecule has 0 saturated heterocycles. The van der Waals surface area contributed by atoms with E-state index in [1.54, 1.807) is 0 Å². The van der Waals surface area contributed by atoms with E-state index in [0.29, 0.717) is 0 Å². The lowest BCUT2D eigenvalue weighted by Gasteiger charge is -2.31. The van der Waals surface area contributed by atoms with Gasteiger partial charge in [-0.2, -0.15) is 5.26 Å². The van der Waals surface area contributed by atoms with Gasteiger partial charge in [0.2, 0.25) is 5.91 Å². The van der Waals surface area contributed by atoms with Crippen LogP contribution in [0.3, 0.4) is 0 Å². The van der Waals surface area contributed by atoms with Crippen molar-refractivity contribution in [1.29, 1.82) is 5.26 Å². The Kier molecular flexibility index (Phi) is 2.41. The smallest absolute Gasteiger partial charge is 0.247 e. The monoisotopic (exact) mass is 240 g/mol. The van der Waals surface area contributed by atoms with Gasteiger partial charge in [-0.15, -0.1) is 0 Å². The first kappa shape index (κ1) is 11.3. The number of anilines is 1. The third kappa shape index (κ3) is 1.60. The average Bonchev–Trinajstić information content (AvgIpc) is 3.18. The molecule has 2 aliphatic rings. The van der Waals surface area contributed by atoms with Crippen molar-refractivity contribution >= 4 is 11.6 Å². The maximum absolute atomic E-state index is 12.5. The molecule has 1 saturated carbocycles. The summed E-state index contributed by atoms with van der Waals surface area (Å²) < 4.78 is 0. The molecule has 3 rings (SSSR count). The van der Waals surface area contributed by atoms with Gasteiger partial charge in [0.1, 0.15) is 5.41 Å². The topological polar surface area (TPSA) is 44.1 Å². The van der Waals surface area contributed by atoms with Crippen LogP contribution in [0.25, 0.3) is 0 Å². The summed E-state index contributed by atoms with van der Waals surface area (Å²) >= 11 is 0. The summed E-state index contributed by atoms with van der Waals surface area (Å²) in [5.41, 5.74) is 2.77. The van der Waals surface area contributed by atoms with E-state index in [1.165, 1.54) is 11.1 Å². The molecule has 1 aliphatic heterocycles. The van der Waals surface area contributed by atoms with Crippen molar-refractivity contribution in [3.63, 3.8) is 0 Å². The summed E-state index contributed by atoms with van der Waals surface area (Å²) in [4.78, 5) is 14.3. The Hall–Kier alpha value is -1.82. The van der Waals surface area contributed by atoms with Crippen LogP contribution in [-0.4, -0.2) is 12.5 Å². The average molecular weight is 240 g/mol. The van der Waals surface area contributed by atoms with Crippen molar-refractivity contribution < 1.29 is 4.79 Å². The number of nitriles is 1. The summed E-state index contributed by atoms with van der Waals surface area (Å²) in [6.45, 7) is 2.82. The highest BCUT2D eigenvalue weighted by Crippen LogP contribution is 2.47. The normalized spacial score (nSPS) is 19.9. The first-order valence-electron chi connectivity index (χ1n) is 6.49. The van der Waals surface area contributed by atoms with Crippen molar-refractivity contribution in [1.82, 2.24) is 0 Å². The van der Waals surface area contributed by atoms with Crippen LogP contribution in [0.5, 0.6) is 0 Å². The Morgan fingerprint density at radius 1 is 1.44 bits per heavy atom. The summed E-state index contributed by atoms with van der Waals surface area (Å²) in [5.74, 6) is 0.00908. The summed E-state index contributed by atoms with van der Waals surface area (Å²) in [6, 6.07) is 8.42. The van der Waals surface area contributed by atoms with Crippen molar-refractivity contribution in [3.05, 3.63) is 29.3 Å². The first-order chi connectivity index (χ1) is 8.66. The van der Waals surface area contributed by atoms with Gasteiger partial charge < -0.3 is 4.90 Å². The standard InChI is InChI=1S/C15H16N2O/c1-11-4-5-13-12(9-11)3-2-8-17(13)14(18)15(10-16)6-7-15/h4-5,9H,2-3,6-8H2,1H3. The Labute approximate surface area is 107 Å². The molecule has 0 bridgehead atoms. The molecule has 1 fully saturated rings. The molecule has 3 nitrogen and oxygen atoms in total. The number of carbonyl (C=O) groups excluding carboxylic acids is 1. The van der Waals surface area contributed by atoms with Crippen molar-refractivity contribution in [2.75, 3.05) is 11.4 Å². The van der Waals surface area contributed by atoms with Gasteiger partial charge in [0.25, 0.3) is 0 Å². The van der Waals surface area contributed by atoms with Gasteiger partial charge >= 0.3 is 0 Å². The number of benzene rings is 1. The molecule has 1 aromatic carbocycles. The van der Waals surface area contributed by atoms with Crippen LogP contribution in [0, 0.1) is 23.7 Å². The van der Waals surface area contributed by atoms with Crippen LogP contribution in [-0.2, 0) is 11.2 Å². The molecular weight excluding hydrogens is 224 g/mol. The molecule has 1 aromatic rings. The van der Waals surface area contributed by atoms with Crippen LogP contribution in [0.4, 0.5) is 5.69 Å². The fourth-order valence-electron chi connectivity index (χ4n) is 2.69. The first-order valence-corrected chi connectivity index (χ1v) is 6.49. The zero-order valence-electron chi connectivity index (χ0n) is 10.6. The van der Waals surface area contributed by atoms with E-state index in [0.717, 1.165) is 37.9 Å². The number of rotatable bonds is 1. The lowest BCUT2D eigenvalue weighted by atomic mass is 9.97. The van der Waals surface area contributed by atoms with E-state index in [2.05, 4.69) is 19.1 Å². The molecule has 18 heavy (non-hydrogen) atoms. The van der Waals surface area contributed by atoms with Crippen LogP contribution in [0.15, 0.2) is 18.2 Å². The predicted octanol–water partition coefficient (Wildman–Crippen LogP) is 2.58. The lowest BCUT2D eigenvalue weighted by Crippen LogP contribution is -2.40. The predicted molar refractivity (Wildman–Crippen MR) is 69.1 cm³/mol. The van der Waals surface area contributed by atoms with Gasteiger partial charge in [-0.25, -0.2) is 0 Å². The van der Waals surface area contributed by atoms with Crippen LogP contribution in [0.1, 0.15) is 30.4 Å². The molecule has 92 valence electrons. The number of nitrogens with zero attached hydrogens (tertiary/aromatic N) is 2. The largest absolute Gasteiger partial charge is 0.311 e. The highest BCUT2D eigenvalue weighted by Gasteiger charge is 2.53. The fraction of sp³-hybridized carbons (Fsp3) is 0.467. The van der Waals surface area contributed by atoms with Crippen molar-refractivity contribution in [2.24, 2.45) is 5.41 Å². The summed E-state index contributed by atoms with van der Waals surface area (Å²) in [5, 5.41) is 9.15. The molecule has 1 aliphatic carbocycles. The minimum atomic E-state index is -0.709. The number of hydrogen-bond donors (Lipinski definition) is 0. The molecule has 0 unspecified atom stereocenters. The number of carbonyl (C=O) groups is 1. The van der Waals surface area contributed by atoms with Crippen LogP contribution in [0.2, 0.25) is 0 Å². The van der Waals surface area contributed by atoms with E-state index in [4.69, 9.17) is 5.26 Å². The van der Waals surface area contributed by atoms with E-state index >= 15 is 0 Å². The van der Waals surface area contributed by atoms with Crippen molar-refractivity contribution in [2.45, 2.75) is 32.6 Å². The lowest BCUT2D eigenvalue weighted by molar-refractivity contribution is -0.121. The Bertz CT molecular complexity index is 552. The van der Waals surface area contributed by atoms with Crippen LogP contribution < -0.4 is 4.90 Å². The highest BCUT2D eigenvalue weighted by atomic mass is 16.2. The fourth-order valence-corrected chi connectivity index (χ4v) is 2.69. The zero-order chi connectivity index (χ0) is 12.8. The zero-order valence-corrected chi connectivity index (χ0v) is 10.6. The van der Waals surface area contributed by atoms with Gasteiger partial charge in [0.05, 0.1) is 6.07 Å². The summed E-state index contributed by atoms with van der Waals surface area (Å²) in [7, 11) is 0. The molecule has 0 spiro atoms. The van der Waals surface area contributed by atoms with Crippen LogP contribution >= 0.6 is 0 Å². The number of amides is 1. The number of hydrogen-bond acceptors (Lipinski definition) is 2. The highest BCUT2D eigenvalue weighted by molar-refractivity contribution is 6.02. The molecule has 1 heterocycles. The third-order valence-electron chi connectivity index (χ3n) is 3.97. The third-order valence-corrected chi connectivity index (χ3v) is 3.97. The van der Waals surface area contributed by atoms with E-state index in [-0.39, 0.29) is 5.91 Å². The maximum atomic E-state index is 12.5. The molecule has 1 amide bonds. The minimum absolute atomic E-state index is 0.00908. The Balaban J connectivity index is 1.97. The number of aryl methyl sites for hydroxylation is 2. The second kappa shape index (κ2) is 3.84. The Morgan fingerprint density at radius 3 is 2.89 bits per heavy atom. The summed E-state index contributed by atoms with van der Waals surface area (Å²) in [6.07, 6.45) is 3.46. The molecule has 0 aromatic heterocycles. The number of fused-ring (bicyclic) bond motifs is 1. The molecule has 0 N–H and O–H groups in total. The van der Waals surface area contributed by atoms with Gasteiger partial charge in [0.15, 0.2) is 0 Å². The SMILES string of the molecule is Cc1ccc2c(c1)CCCN2C(=O)C1(C#N)CC1. The molecular formula is C15H16N2O. The second-order valence-corrected chi connectivity index (χ2v) is 5.39. The van der Waals surface area contributed by atoms with E-state index < -0.39 is 5.41 Å². The Morgan fingerprint density at radius 2 is 2.22 bits per heavy atom. The second-order valence-electron chi connectivity index (χ2n) is 5.39.